The van der Waals surface area contributed by atoms with Crippen LogP contribution in [0.15, 0.2) is 65.7 Å². The Morgan fingerprint density at radius 3 is 2.52 bits per heavy atom. The van der Waals surface area contributed by atoms with Crippen LogP contribution in [0.3, 0.4) is 0 Å². The Morgan fingerprint density at radius 1 is 0.957 bits per heavy atom. The number of nitrogens with zero attached hydrogens (tertiary/aromatic N) is 5. The van der Waals surface area contributed by atoms with Crippen molar-refractivity contribution in [1.82, 2.24) is 20.3 Å². The molecule has 2 aromatic heterocycles. The Bertz CT molecular complexity index is 2010. The van der Waals surface area contributed by atoms with Crippen LogP contribution in [0.5, 0.6) is 6.01 Å². The number of piperazine rings is 1. The number of hydrogen-bond donors (Lipinski definition) is 1. The minimum Gasteiger partial charge on any atom is -0.458 e. The minimum atomic E-state index is -0.630. The summed E-state index contributed by atoms with van der Waals surface area (Å²) in [4.78, 5) is 19.5. The lowest BCUT2D eigenvalue weighted by atomic mass is 9.96. The largest absolute Gasteiger partial charge is 0.458 e. The summed E-state index contributed by atoms with van der Waals surface area (Å²) in [5, 5.41) is 5.28. The van der Waals surface area contributed by atoms with E-state index in [9.17, 15) is 4.39 Å². The third-order valence-corrected chi connectivity index (χ3v) is 10.2. The van der Waals surface area contributed by atoms with Crippen molar-refractivity contribution in [3.63, 3.8) is 0 Å². The van der Waals surface area contributed by atoms with Crippen molar-refractivity contribution in [2.75, 3.05) is 36.0 Å². The van der Waals surface area contributed by atoms with Gasteiger partial charge in [0.1, 0.15) is 28.9 Å². The number of anilines is 2. The Kier molecular flexibility index (Phi) is 7.56. The van der Waals surface area contributed by atoms with Crippen LogP contribution >= 0.6 is 21.7 Å². The number of terminal acetylenes is 1. The molecule has 11 heteroatoms. The molecule has 3 atom stereocenters. The summed E-state index contributed by atoms with van der Waals surface area (Å²) >= 11 is 0. The van der Waals surface area contributed by atoms with E-state index in [1.807, 2.05) is 30.3 Å². The van der Waals surface area contributed by atoms with E-state index in [1.54, 1.807) is 24.4 Å². The van der Waals surface area contributed by atoms with Gasteiger partial charge in [-0.05, 0) is 70.2 Å². The molecule has 5 heterocycles. The predicted molar refractivity (Wildman–Crippen MR) is 180 cm³/mol. The fourth-order valence-electron chi connectivity index (χ4n) is 7.08. The first-order valence-electron chi connectivity index (χ1n) is 15.3. The van der Waals surface area contributed by atoms with E-state index in [1.165, 1.54) is 17.0 Å². The molecule has 46 heavy (non-hydrogen) atoms. The van der Waals surface area contributed by atoms with Crippen molar-refractivity contribution in [2.45, 2.75) is 42.3 Å². The van der Waals surface area contributed by atoms with Gasteiger partial charge in [-0.3, -0.25) is 4.98 Å². The molecule has 3 aliphatic rings. The topological polar surface area (TPSA) is 66.4 Å². The van der Waals surface area contributed by atoms with E-state index in [2.05, 4.69) is 31.0 Å². The number of fused-ring (bicyclic) bond motifs is 4. The van der Waals surface area contributed by atoms with E-state index < -0.39 is 11.6 Å². The number of pyridine rings is 1. The molecule has 0 amide bonds. The van der Waals surface area contributed by atoms with Crippen LogP contribution in [0, 0.1) is 24.0 Å². The second-order valence-electron chi connectivity index (χ2n) is 12.1. The van der Waals surface area contributed by atoms with Gasteiger partial charge >= 0.3 is 6.01 Å². The maximum Gasteiger partial charge on any atom is 0.319 e. The van der Waals surface area contributed by atoms with E-state index >= 15 is 4.39 Å². The summed E-state index contributed by atoms with van der Waals surface area (Å²) in [5.74, 6) is 1.88. The molecule has 0 spiro atoms. The highest BCUT2D eigenvalue weighted by Crippen LogP contribution is 2.38. The smallest absolute Gasteiger partial charge is 0.319 e. The first-order chi connectivity index (χ1) is 22.5. The number of aromatic nitrogens is 3. The van der Waals surface area contributed by atoms with Gasteiger partial charge < -0.3 is 19.9 Å². The first-order valence-corrected chi connectivity index (χ1v) is 17.0. The Balaban J connectivity index is 1.20. The zero-order chi connectivity index (χ0) is 31.4. The van der Waals surface area contributed by atoms with Crippen molar-refractivity contribution in [3.8, 4) is 29.6 Å². The maximum absolute atomic E-state index is 16.8. The third-order valence-electron chi connectivity index (χ3n) is 9.26. The fourth-order valence-corrected chi connectivity index (χ4v) is 7.63. The number of rotatable bonds is 6. The number of nitrogens with one attached hydrogen (secondary N) is 1. The molecule has 3 unspecified atom stereocenters. The number of hydrogen-bond acceptors (Lipinski definition) is 8. The summed E-state index contributed by atoms with van der Waals surface area (Å²) in [6.07, 6.45) is 10.1. The normalized spacial score (nSPS) is 20.9. The van der Waals surface area contributed by atoms with Gasteiger partial charge in [0.05, 0.1) is 17.5 Å². The van der Waals surface area contributed by atoms with Crippen molar-refractivity contribution >= 4 is 54.8 Å². The van der Waals surface area contributed by atoms with Crippen molar-refractivity contribution in [2.24, 2.45) is 0 Å². The molecular formula is C35H29ClF2N6OS. The van der Waals surface area contributed by atoms with Crippen LogP contribution in [0.25, 0.3) is 32.9 Å². The molecule has 0 saturated carbocycles. The van der Waals surface area contributed by atoms with Gasteiger partial charge in [0.15, 0.2) is 5.82 Å². The first kappa shape index (κ1) is 29.2. The lowest BCUT2D eigenvalue weighted by molar-refractivity contribution is 0.207. The lowest BCUT2D eigenvalue weighted by Crippen LogP contribution is -2.51. The van der Waals surface area contributed by atoms with Gasteiger partial charge in [0, 0.05) is 65.9 Å². The summed E-state index contributed by atoms with van der Waals surface area (Å²) in [6.45, 7) is 2.93. The molecule has 3 aromatic carbocycles. The van der Waals surface area contributed by atoms with Crippen LogP contribution in [-0.4, -0.2) is 59.3 Å². The van der Waals surface area contributed by atoms with Crippen LogP contribution in [0.2, 0.25) is 0 Å². The van der Waals surface area contributed by atoms with Crippen LogP contribution < -0.4 is 19.9 Å². The second-order valence-corrected chi connectivity index (χ2v) is 13.2. The number of ether oxygens (including phenoxy) is 1. The van der Waals surface area contributed by atoms with Crippen LogP contribution in [0.1, 0.15) is 24.8 Å². The van der Waals surface area contributed by atoms with Crippen molar-refractivity contribution < 1.29 is 13.5 Å². The third kappa shape index (κ3) is 5.16. The van der Waals surface area contributed by atoms with Gasteiger partial charge in [-0.1, -0.05) is 30.2 Å². The molecular weight excluding hydrogens is 626 g/mol. The molecule has 5 aromatic rings. The van der Waals surface area contributed by atoms with Gasteiger partial charge in [-0.2, -0.15) is 9.97 Å². The standard InChI is InChI=1S/C35H29ClF2N6OS/c1-2-26-29(37)13-6-20-4-3-5-27(30(20)26)32-31(38)33-28(16-39-32)34(44-17-21-7-8-22(18-44)40-21)42-35(41-33)45-24-14-15-43(19-24)23-9-11-25(46-36)12-10-23/h1,3-6,9-13,16,21-22,24,40H,7-8,14-15,17-19H2. The molecule has 3 fully saturated rings. The summed E-state index contributed by atoms with van der Waals surface area (Å²) in [6, 6.07) is 17.1. The average molecular weight is 655 g/mol. The quantitative estimate of drug-likeness (QED) is 0.198. The molecule has 1 N–H and O–H groups in total. The zero-order valence-electron chi connectivity index (χ0n) is 24.7. The Hall–Kier alpha value is -4.17. The molecule has 232 valence electrons. The van der Waals surface area contributed by atoms with E-state index in [4.69, 9.17) is 26.8 Å². The Labute approximate surface area is 273 Å². The molecule has 3 saturated heterocycles. The number of halogens is 3. The van der Waals surface area contributed by atoms with Crippen LogP contribution in [0.4, 0.5) is 20.3 Å². The van der Waals surface area contributed by atoms with Crippen molar-refractivity contribution in [1.29, 1.82) is 0 Å². The summed E-state index contributed by atoms with van der Waals surface area (Å²) < 4.78 is 38.0. The monoisotopic (exact) mass is 654 g/mol. The lowest BCUT2D eigenvalue weighted by Gasteiger charge is -2.34. The predicted octanol–water partition coefficient (Wildman–Crippen LogP) is 6.95. The van der Waals surface area contributed by atoms with Gasteiger partial charge in [0.2, 0.25) is 0 Å². The molecule has 0 radical (unpaired) electrons. The second kappa shape index (κ2) is 11.9. The molecule has 8 rings (SSSR count). The molecule has 0 aliphatic carbocycles. The molecule has 2 bridgehead atoms. The van der Waals surface area contributed by atoms with Crippen molar-refractivity contribution in [3.05, 3.63) is 78.0 Å². The average Bonchev–Trinajstić information content (AvgIpc) is 3.69. The zero-order valence-corrected chi connectivity index (χ0v) is 26.3. The highest BCUT2D eigenvalue weighted by molar-refractivity contribution is 8.21. The van der Waals surface area contributed by atoms with Gasteiger partial charge in [0.25, 0.3) is 0 Å². The minimum absolute atomic E-state index is 0.0433. The van der Waals surface area contributed by atoms with E-state index in [-0.39, 0.29) is 28.9 Å². The molecule has 3 aliphatic heterocycles. The maximum atomic E-state index is 16.8. The highest BCUT2D eigenvalue weighted by atomic mass is 35.7. The summed E-state index contributed by atoms with van der Waals surface area (Å²) in [5.41, 5.74) is 1.70. The SMILES string of the molecule is C#Cc1c(F)ccc2cccc(-c3ncc4c(N5CC6CCC(C5)N6)nc(OC5CCN(c6ccc(SCl)cc6)C5)nc4c3F)c12. The van der Waals surface area contributed by atoms with E-state index in [0.717, 1.165) is 49.5 Å². The molecule has 7 nitrogen and oxygen atoms in total. The van der Waals surface area contributed by atoms with Gasteiger partial charge in [-0.25, -0.2) is 8.78 Å². The Morgan fingerprint density at radius 2 is 1.76 bits per heavy atom. The highest BCUT2D eigenvalue weighted by Gasteiger charge is 2.35. The van der Waals surface area contributed by atoms with E-state index in [0.29, 0.717) is 46.2 Å². The summed E-state index contributed by atoms with van der Waals surface area (Å²) in [7, 11) is 7.08. The van der Waals surface area contributed by atoms with Gasteiger partial charge in [-0.15, -0.1) is 6.42 Å². The van der Waals surface area contributed by atoms with Crippen LogP contribution in [-0.2, 0) is 0 Å². The number of benzene rings is 3. The fraction of sp³-hybridized carbons (Fsp3) is 0.286.